The van der Waals surface area contributed by atoms with Crippen molar-refractivity contribution in [3.63, 3.8) is 0 Å². The zero-order valence-electron chi connectivity index (χ0n) is 19.0. The van der Waals surface area contributed by atoms with Crippen molar-refractivity contribution in [3.05, 3.63) is 89.3 Å². The largest absolute Gasteiger partial charge is 0.494 e. The van der Waals surface area contributed by atoms with Crippen LogP contribution >= 0.6 is 11.3 Å². The lowest BCUT2D eigenvalue weighted by Crippen LogP contribution is -2.12. The first-order chi connectivity index (χ1) is 16.1. The van der Waals surface area contributed by atoms with Crippen LogP contribution in [0.5, 0.6) is 5.75 Å². The van der Waals surface area contributed by atoms with Gasteiger partial charge in [-0.05, 0) is 49.6 Å². The Morgan fingerprint density at radius 3 is 2.36 bits per heavy atom. The van der Waals surface area contributed by atoms with Gasteiger partial charge in [-0.3, -0.25) is 4.79 Å². The van der Waals surface area contributed by atoms with Crippen LogP contribution in [0, 0.1) is 6.92 Å². The molecule has 168 valence electrons. The molecular weight excluding hydrogens is 428 g/mol. The summed E-state index contributed by atoms with van der Waals surface area (Å²) in [7, 11) is 0. The molecule has 1 N–H and O–H groups in total. The van der Waals surface area contributed by atoms with Gasteiger partial charge in [-0.2, -0.15) is 0 Å². The second kappa shape index (κ2) is 10.9. The first-order valence-corrected chi connectivity index (χ1v) is 12.1. The molecule has 0 spiro atoms. The molecule has 0 saturated carbocycles. The second-order valence-electron chi connectivity index (χ2n) is 7.86. The van der Waals surface area contributed by atoms with Gasteiger partial charge in [0.2, 0.25) is 5.91 Å². The number of nitrogens with one attached hydrogen (secondary N) is 1. The van der Waals surface area contributed by atoms with Gasteiger partial charge in [0.1, 0.15) is 10.8 Å². The minimum Gasteiger partial charge on any atom is -0.494 e. The van der Waals surface area contributed by atoms with Crippen molar-refractivity contribution in [1.82, 2.24) is 4.98 Å². The smallest absolute Gasteiger partial charge is 0.224 e. The number of rotatable bonds is 9. The van der Waals surface area contributed by atoms with Gasteiger partial charge < -0.3 is 10.1 Å². The molecule has 1 heterocycles. The summed E-state index contributed by atoms with van der Waals surface area (Å²) >= 11 is 1.70. The fourth-order valence-electron chi connectivity index (χ4n) is 3.55. The maximum Gasteiger partial charge on any atom is 0.224 e. The van der Waals surface area contributed by atoms with Crippen LogP contribution in [0.25, 0.3) is 21.8 Å². The van der Waals surface area contributed by atoms with Gasteiger partial charge in [0.25, 0.3) is 0 Å². The van der Waals surface area contributed by atoms with Crippen LogP contribution in [0.15, 0.2) is 78.9 Å². The van der Waals surface area contributed by atoms with Gasteiger partial charge in [0.05, 0.1) is 12.3 Å². The molecule has 0 bridgehead atoms. The first-order valence-electron chi connectivity index (χ1n) is 11.3. The van der Waals surface area contributed by atoms with Crippen LogP contribution in [0.2, 0.25) is 0 Å². The lowest BCUT2D eigenvalue weighted by atomic mass is 10.1. The molecule has 0 aliphatic heterocycles. The van der Waals surface area contributed by atoms with Crippen LogP contribution in [0.4, 0.5) is 5.69 Å². The number of anilines is 1. The van der Waals surface area contributed by atoms with Gasteiger partial charge in [0.15, 0.2) is 0 Å². The molecule has 0 saturated heterocycles. The lowest BCUT2D eigenvalue weighted by molar-refractivity contribution is -0.116. The third-order valence-corrected chi connectivity index (χ3v) is 6.43. The predicted molar refractivity (Wildman–Crippen MR) is 137 cm³/mol. The van der Waals surface area contributed by atoms with E-state index < -0.39 is 0 Å². The molecule has 4 nitrogen and oxygen atoms in total. The molecule has 0 atom stereocenters. The van der Waals surface area contributed by atoms with Gasteiger partial charge in [-0.25, -0.2) is 4.98 Å². The summed E-state index contributed by atoms with van der Waals surface area (Å²) in [5, 5.41) is 3.99. The molecule has 0 aliphatic rings. The number of carbonyl (C=O) groups is 1. The van der Waals surface area contributed by atoms with E-state index in [2.05, 4.69) is 43.4 Å². The highest BCUT2D eigenvalue weighted by Gasteiger charge is 2.11. The molecule has 5 heteroatoms. The van der Waals surface area contributed by atoms with Gasteiger partial charge in [-0.15, -0.1) is 11.3 Å². The Kier molecular flexibility index (Phi) is 7.53. The van der Waals surface area contributed by atoms with Gasteiger partial charge >= 0.3 is 0 Å². The number of aryl methyl sites for hydroxylation is 2. The third-order valence-electron chi connectivity index (χ3n) is 5.41. The number of carbonyl (C=O) groups excluding carboxylic acids is 1. The van der Waals surface area contributed by atoms with Crippen molar-refractivity contribution in [2.75, 3.05) is 11.9 Å². The van der Waals surface area contributed by atoms with Crippen LogP contribution in [-0.4, -0.2) is 17.5 Å². The van der Waals surface area contributed by atoms with E-state index in [1.165, 1.54) is 10.4 Å². The van der Waals surface area contributed by atoms with E-state index in [1.807, 2.05) is 54.6 Å². The summed E-state index contributed by atoms with van der Waals surface area (Å²) in [6, 6.07) is 26.2. The third kappa shape index (κ3) is 6.08. The molecular formula is C28H28N2O2S. The number of amides is 1. The average Bonchev–Trinajstić information content (AvgIpc) is 3.25. The number of benzene rings is 3. The Morgan fingerprint density at radius 1 is 0.939 bits per heavy atom. The maximum absolute atomic E-state index is 12.3. The molecule has 3 aromatic carbocycles. The molecule has 1 aromatic heterocycles. The molecule has 4 aromatic rings. The molecule has 0 fully saturated rings. The zero-order chi connectivity index (χ0) is 23.0. The summed E-state index contributed by atoms with van der Waals surface area (Å²) < 4.78 is 5.73. The zero-order valence-corrected chi connectivity index (χ0v) is 19.8. The van der Waals surface area contributed by atoms with E-state index in [0.29, 0.717) is 19.4 Å². The van der Waals surface area contributed by atoms with E-state index in [9.17, 15) is 4.79 Å². The minimum atomic E-state index is -0.0103. The van der Waals surface area contributed by atoms with Crippen LogP contribution in [0.3, 0.4) is 0 Å². The average molecular weight is 457 g/mol. The SMILES string of the molecule is CCc1ccc(OCCCC(=O)Nc2ccc(-c3nc(-c4ccccc4)sc3C)cc2)cc1. The molecule has 0 radical (unpaired) electrons. The molecule has 33 heavy (non-hydrogen) atoms. The number of thiazole rings is 1. The maximum atomic E-state index is 12.3. The van der Waals surface area contributed by atoms with E-state index >= 15 is 0 Å². The van der Waals surface area contributed by atoms with Gasteiger partial charge in [0, 0.05) is 28.1 Å². The van der Waals surface area contributed by atoms with E-state index in [-0.39, 0.29) is 5.91 Å². The summed E-state index contributed by atoms with van der Waals surface area (Å²) in [5.41, 5.74) is 5.24. The lowest BCUT2D eigenvalue weighted by Gasteiger charge is -2.08. The summed E-state index contributed by atoms with van der Waals surface area (Å²) in [5.74, 6) is 0.833. The highest BCUT2D eigenvalue weighted by molar-refractivity contribution is 7.15. The summed E-state index contributed by atoms with van der Waals surface area (Å²) in [6.07, 6.45) is 2.10. The van der Waals surface area contributed by atoms with Crippen LogP contribution < -0.4 is 10.1 Å². The van der Waals surface area contributed by atoms with Crippen LogP contribution in [0.1, 0.15) is 30.2 Å². The van der Waals surface area contributed by atoms with Crippen molar-refractivity contribution in [3.8, 4) is 27.6 Å². The number of hydrogen-bond acceptors (Lipinski definition) is 4. The molecule has 4 rings (SSSR count). The van der Waals surface area contributed by atoms with Crippen molar-refractivity contribution in [2.45, 2.75) is 33.1 Å². The molecule has 1 amide bonds. The highest BCUT2D eigenvalue weighted by atomic mass is 32.1. The fourth-order valence-corrected chi connectivity index (χ4v) is 4.49. The molecule has 0 unspecified atom stereocenters. The number of ether oxygens (including phenoxy) is 1. The normalized spacial score (nSPS) is 10.7. The standard InChI is InChI=1S/C28H28N2O2S/c1-3-21-11-17-25(18-12-21)32-19-7-10-26(31)29-24-15-13-22(14-16-24)27-20(2)33-28(30-27)23-8-5-4-6-9-23/h4-6,8-9,11-18H,3,7,10,19H2,1-2H3,(H,29,31). The first kappa shape index (κ1) is 22.7. The number of aromatic nitrogens is 1. The Labute approximate surface area is 199 Å². The monoisotopic (exact) mass is 456 g/mol. The van der Waals surface area contributed by atoms with Crippen molar-refractivity contribution < 1.29 is 9.53 Å². The Bertz CT molecular complexity index is 1180. The minimum absolute atomic E-state index is 0.0103. The van der Waals surface area contributed by atoms with Crippen LogP contribution in [-0.2, 0) is 11.2 Å². The van der Waals surface area contributed by atoms with Crippen molar-refractivity contribution in [1.29, 1.82) is 0 Å². The predicted octanol–water partition coefficient (Wildman–Crippen LogP) is 7.15. The van der Waals surface area contributed by atoms with E-state index in [1.54, 1.807) is 11.3 Å². The second-order valence-corrected chi connectivity index (χ2v) is 9.07. The van der Waals surface area contributed by atoms with E-state index in [4.69, 9.17) is 9.72 Å². The Balaban J connectivity index is 1.28. The van der Waals surface area contributed by atoms with Crippen molar-refractivity contribution in [2.24, 2.45) is 0 Å². The van der Waals surface area contributed by atoms with E-state index in [0.717, 1.165) is 39.7 Å². The quantitative estimate of drug-likeness (QED) is 0.272. The molecule has 0 aliphatic carbocycles. The van der Waals surface area contributed by atoms with Crippen molar-refractivity contribution >= 4 is 22.9 Å². The topological polar surface area (TPSA) is 51.2 Å². The van der Waals surface area contributed by atoms with Gasteiger partial charge in [-0.1, -0.05) is 61.5 Å². The Hall–Kier alpha value is -3.44. The number of nitrogens with zero attached hydrogens (tertiary/aromatic N) is 1. The summed E-state index contributed by atoms with van der Waals surface area (Å²) in [4.78, 5) is 18.3. The fraction of sp³-hybridized carbons (Fsp3) is 0.214. The highest BCUT2D eigenvalue weighted by Crippen LogP contribution is 2.33. The Morgan fingerprint density at radius 2 is 1.67 bits per heavy atom. The summed E-state index contributed by atoms with van der Waals surface area (Å²) in [6.45, 7) is 4.74. The number of hydrogen-bond donors (Lipinski definition) is 1.